The molecule has 1 atom stereocenters. The fourth-order valence-electron chi connectivity index (χ4n) is 3.02. The van der Waals surface area contributed by atoms with Gasteiger partial charge in [0.25, 0.3) is 0 Å². The Hall–Kier alpha value is -1.32. The smallest absolute Gasteiger partial charge is 0.0937 e. The zero-order chi connectivity index (χ0) is 13.2. The maximum absolute atomic E-state index is 10.5. The van der Waals surface area contributed by atoms with Gasteiger partial charge in [0.05, 0.1) is 6.10 Å². The zero-order valence-electron chi connectivity index (χ0n) is 11.5. The number of fused-ring (bicyclic) bond motifs is 1. The van der Waals surface area contributed by atoms with Gasteiger partial charge in [-0.1, -0.05) is 18.1 Å². The van der Waals surface area contributed by atoms with Crippen LogP contribution in [0, 0.1) is 6.92 Å². The molecule has 2 N–H and O–H groups in total. The third-order valence-electron chi connectivity index (χ3n) is 4.11. The predicted octanol–water partition coefficient (Wildman–Crippen LogP) is 3.00. The van der Waals surface area contributed by atoms with Gasteiger partial charge in [0.1, 0.15) is 0 Å². The van der Waals surface area contributed by atoms with Crippen molar-refractivity contribution in [3.8, 4) is 0 Å². The summed E-state index contributed by atoms with van der Waals surface area (Å²) in [5, 5.41) is 11.6. The van der Waals surface area contributed by atoms with Crippen LogP contribution in [-0.4, -0.2) is 34.6 Å². The highest BCUT2D eigenvalue weighted by Crippen LogP contribution is 2.26. The Balaban J connectivity index is 1.80. The van der Waals surface area contributed by atoms with Crippen molar-refractivity contribution in [1.29, 1.82) is 0 Å². The van der Waals surface area contributed by atoms with E-state index >= 15 is 0 Å². The molecular formula is C16H22N2O. The number of aryl methyl sites for hydroxylation is 1. The minimum Gasteiger partial charge on any atom is -0.387 e. The van der Waals surface area contributed by atoms with Crippen LogP contribution in [0.4, 0.5) is 0 Å². The largest absolute Gasteiger partial charge is 0.387 e. The molecule has 0 spiro atoms. The molecule has 1 aliphatic rings. The van der Waals surface area contributed by atoms with Crippen LogP contribution in [-0.2, 0) is 0 Å². The first-order valence-electron chi connectivity index (χ1n) is 7.22. The lowest BCUT2D eigenvalue weighted by Crippen LogP contribution is -2.33. The minimum atomic E-state index is -0.395. The number of aliphatic hydroxyl groups excluding tert-OH is 1. The summed E-state index contributed by atoms with van der Waals surface area (Å²) in [6.07, 6.45) is 5.42. The molecule has 0 unspecified atom stereocenters. The van der Waals surface area contributed by atoms with E-state index in [2.05, 4.69) is 35.0 Å². The predicted molar refractivity (Wildman–Crippen MR) is 78.3 cm³/mol. The molecule has 0 amide bonds. The Kier molecular flexibility index (Phi) is 3.58. The highest BCUT2D eigenvalue weighted by atomic mass is 16.3. The lowest BCUT2D eigenvalue weighted by Gasteiger charge is -2.28. The number of β-amino-alcohol motifs (C(OH)–C–C–N with tert-alkyl or cyclic N) is 1. The number of likely N-dealkylation sites (tertiary alicyclic amines) is 1. The number of aromatic nitrogens is 1. The average molecular weight is 258 g/mol. The number of hydrogen-bond donors (Lipinski definition) is 2. The normalized spacial score (nSPS) is 18.8. The van der Waals surface area contributed by atoms with Crippen molar-refractivity contribution in [2.45, 2.75) is 32.3 Å². The van der Waals surface area contributed by atoms with Crippen molar-refractivity contribution < 1.29 is 5.11 Å². The molecule has 2 heterocycles. The molecule has 1 aromatic heterocycles. The second kappa shape index (κ2) is 5.35. The Morgan fingerprint density at radius 2 is 2.05 bits per heavy atom. The maximum atomic E-state index is 10.5. The van der Waals surface area contributed by atoms with Crippen molar-refractivity contribution in [3.05, 3.63) is 35.5 Å². The standard InChI is InChI=1S/C16H22N2O/c1-12-5-6-15-13(9-12)14(10-17-15)16(19)11-18-7-3-2-4-8-18/h5-6,9-10,16-17,19H,2-4,7-8,11H2,1H3/t16-/m0/s1. The number of hydrogen-bond acceptors (Lipinski definition) is 2. The SMILES string of the molecule is Cc1ccc2[nH]cc([C@@H](O)CN3CCCCC3)c2c1. The topological polar surface area (TPSA) is 39.3 Å². The molecule has 19 heavy (non-hydrogen) atoms. The molecule has 1 saturated heterocycles. The highest BCUT2D eigenvalue weighted by molar-refractivity contribution is 5.84. The van der Waals surface area contributed by atoms with E-state index in [9.17, 15) is 5.11 Å². The number of nitrogens with zero attached hydrogens (tertiary/aromatic N) is 1. The van der Waals surface area contributed by atoms with Gasteiger partial charge in [-0.15, -0.1) is 0 Å². The average Bonchev–Trinajstić information content (AvgIpc) is 2.82. The Morgan fingerprint density at radius 3 is 2.84 bits per heavy atom. The summed E-state index contributed by atoms with van der Waals surface area (Å²) in [6.45, 7) is 5.09. The van der Waals surface area contributed by atoms with E-state index in [1.54, 1.807) is 0 Å². The van der Waals surface area contributed by atoms with E-state index in [1.807, 2.05) is 6.20 Å². The molecule has 3 heteroatoms. The summed E-state index contributed by atoms with van der Waals surface area (Å²) in [4.78, 5) is 5.63. The quantitative estimate of drug-likeness (QED) is 0.888. The van der Waals surface area contributed by atoms with E-state index in [0.29, 0.717) is 0 Å². The molecule has 3 rings (SSSR count). The van der Waals surface area contributed by atoms with Crippen LogP contribution in [0.1, 0.15) is 36.5 Å². The lowest BCUT2D eigenvalue weighted by molar-refractivity contribution is 0.102. The van der Waals surface area contributed by atoms with Crippen LogP contribution >= 0.6 is 0 Å². The number of aromatic amines is 1. The van der Waals surface area contributed by atoms with Gasteiger partial charge >= 0.3 is 0 Å². The molecule has 2 aromatic rings. The summed E-state index contributed by atoms with van der Waals surface area (Å²) >= 11 is 0. The maximum Gasteiger partial charge on any atom is 0.0937 e. The molecule has 1 aromatic carbocycles. The first-order valence-corrected chi connectivity index (χ1v) is 7.22. The number of piperidine rings is 1. The van der Waals surface area contributed by atoms with Gasteiger partial charge in [-0.3, -0.25) is 0 Å². The fourth-order valence-corrected chi connectivity index (χ4v) is 3.02. The van der Waals surface area contributed by atoms with Crippen LogP contribution < -0.4 is 0 Å². The first-order chi connectivity index (χ1) is 9.24. The Bertz CT molecular complexity index is 555. The fraction of sp³-hybridized carbons (Fsp3) is 0.500. The molecule has 0 bridgehead atoms. The number of H-pyrrole nitrogens is 1. The molecule has 0 aliphatic carbocycles. The van der Waals surface area contributed by atoms with Gasteiger partial charge in [0.15, 0.2) is 0 Å². The van der Waals surface area contributed by atoms with Crippen LogP contribution in [0.5, 0.6) is 0 Å². The summed E-state index contributed by atoms with van der Waals surface area (Å²) in [6, 6.07) is 6.34. The molecule has 0 radical (unpaired) electrons. The lowest BCUT2D eigenvalue weighted by atomic mass is 10.0. The van der Waals surface area contributed by atoms with Crippen molar-refractivity contribution in [2.24, 2.45) is 0 Å². The number of nitrogens with one attached hydrogen (secondary N) is 1. The molecular weight excluding hydrogens is 236 g/mol. The van der Waals surface area contributed by atoms with Gasteiger partial charge in [0.2, 0.25) is 0 Å². The third-order valence-corrected chi connectivity index (χ3v) is 4.11. The Labute approximate surface area is 114 Å². The monoisotopic (exact) mass is 258 g/mol. The van der Waals surface area contributed by atoms with Gasteiger partial charge < -0.3 is 15.0 Å². The van der Waals surface area contributed by atoms with E-state index in [-0.39, 0.29) is 0 Å². The van der Waals surface area contributed by atoms with E-state index in [0.717, 1.165) is 36.1 Å². The summed E-state index contributed by atoms with van der Waals surface area (Å²) in [5.74, 6) is 0. The van der Waals surface area contributed by atoms with E-state index < -0.39 is 6.10 Å². The summed E-state index contributed by atoms with van der Waals surface area (Å²) in [5.41, 5.74) is 3.38. The zero-order valence-corrected chi connectivity index (χ0v) is 11.5. The minimum absolute atomic E-state index is 0.395. The van der Waals surface area contributed by atoms with Crippen molar-refractivity contribution in [2.75, 3.05) is 19.6 Å². The van der Waals surface area contributed by atoms with Gasteiger partial charge in [-0.05, 0) is 45.0 Å². The molecule has 102 valence electrons. The summed E-state index contributed by atoms with van der Waals surface area (Å²) in [7, 11) is 0. The second-order valence-corrected chi connectivity index (χ2v) is 5.67. The van der Waals surface area contributed by atoms with Crippen molar-refractivity contribution in [1.82, 2.24) is 9.88 Å². The Morgan fingerprint density at radius 1 is 1.26 bits per heavy atom. The molecule has 0 saturated carbocycles. The van der Waals surface area contributed by atoms with Crippen LogP contribution in [0.15, 0.2) is 24.4 Å². The van der Waals surface area contributed by atoms with E-state index in [4.69, 9.17) is 0 Å². The van der Waals surface area contributed by atoms with Crippen LogP contribution in [0.2, 0.25) is 0 Å². The van der Waals surface area contributed by atoms with Gasteiger partial charge in [0, 0.05) is 29.2 Å². The number of aliphatic hydroxyl groups is 1. The first kappa shape index (κ1) is 12.7. The number of rotatable bonds is 3. The molecule has 1 aliphatic heterocycles. The third kappa shape index (κ3) is 2.67. The van der Waals surface area contributed by atoms with Crippen molar-refractivity contribution in [3.63, 3.8) is 0 Å². The van der Waals surface area contributed by atoms with Crippen LogP contribution in [0.3, 0.4) is 0 Å². The summed E-state index contributed by atoms with van der Waals surface area (Å²) < 4.78 is 0. The molecule has 3 nitrogen and oxygen atoms in total. The highest BCUT2D eigenvalue weighted by Gasteiger charge is 2.18. The second-order valence-electron chi connectivity index (χ2n) is 5.67. The van der Waals surface area contributed by atoms with E-state index in [1.165, 1.54) is 24.8 Å². The molecule has 1 fully saturated rings. The van der Waals surface area contributed by atoms with Crippen molar-refractivity contribution >= 4 is 10.9 Å². The van der Waals surface area contributed by atoms with Crippen LogP contribution in [0.25, 0.3) is 10.9 Å². The van der Waals surface area contributed by atoms with Gasteiger partial charge in [-0.25, -0.2) is 0 Å². The number of benzene rings is 1. The van der Waals surface area contributed by atoms with Gasteiger partial charge in [-0.2, -0.15) is 0 Å².